The number of hydrogen-bond donors (Lipinski definition) is 1. The van der Waals surface area contributed by atoms with Gasteiger partial charge in [-0.2, -0.15) is 18.3 Å². The zero-order valence-corrected chi connectivity index (χ0v) is 22.0. The number of fused-ring (bicyclic) bond motifs is 1. The van der Waals surface area contributed by atoms with Crippen LogP contribution >= 0.6 is 0 Å². The van der Waals surface area contributed by atoms with Crippen LogP contribution in [0.4, 0.5) is 18.9 Å². The zero-order chi connectivity index (χ0) is 28.3. The van der Waals surface area contributed by atoms with E-state index in [4.69, 9.17) is 4.74 Å². The predicted molar refractivity (Wildman–Crippen MR) is 144 cm³/mol. The third-order valence-corrected chi connectivity index (χ3v) is 6.73. The van der Waals surface area contributed by atoms with Gasteiger partial charge in [0.15, 0.2) is 5.65 Å². The first-order valence-corrected chi connectivity index (χ1v) is 12.6. The lowest BCUT2D eigenvalue weighted by Gasteiger charge is -2.33. The van der Waals surface area contributed by atoms with E-state index in [2.05, 4.69) is 32.1 Å². The third-order valence-electron chi connectivity index (χ3n) is 6.73. The van der Waals surface area contributed by atoms with Crippen LogP contribution in [-0.4, -0.2) is 70.6 Å². The zero-order valence-electron chi connectivity index (χ0n) is 22.0. The number of nitrogens with one attached hydrogen (secondary N) is 1. The highest BCUT2D eigenvalue weighted by molar-refractivity contribution is 6.04. The van der Waals surface area contributed by atoms with Crippen LogP contribution in [-0.2, 0) is 12.7 Å². The molecule has 1 aliphatic heterocycles. The Balaban J connectivity index is 1.37. The molecule has 3 heterocycles. The summed E-state index contributed by atoms with van der Waals surface area (Å²) in [6.45, 7) is 3.20. The molecular weight excluding hydrogens is 521 g/mol. The van der Waals surface area contributed by atoms with E-state index in [0.29, 0.717) is 35.7 Å². The number of likely N-dealkylation sites (N-methyl/N-ethyl adjacent to an activating group) is 1. The number of alkyl halides is 3. The number of carbonyl (C=O) groups is 1. The molecule has 0 spiro atoms. The smallest absolute Gasteiger partial charge is 0.416 e. The van der Waals surface area contributed by atoms with Crippen LogP contribution in [0.2, 0.25) is 0 Å². The van der Waals surface area contributed by atoms with Gasteiger partial charge in [0.05, 0.1) is 24.4 Å². The van der Waals surface area contributed by atoms with E-state index in [-0.39, 0.29) is 23.4 Å². The van der Waals surface area contributed by atoms with E-state index in [1.807, 2.05) is 11.9 Å². The summed E-state index contributed by atoms with van der Waals surface area (Å²) < 4.78 is 48.9. The van der Waals surface area contributed by atoms with Gasteiger partial charge in [-0.05, 0) is 61.0 Å². The van der Waals surface area contributed by atoms with Crippen LogP contribution < -0.4 is 10.1 Å². The molecule has 2 aromatic carbocycles. The van der Waals surface area contributed by atoms with Gasteiger partial charge in [0, 0.05) is 50.2 Å². The number of halogens is 3. The van der Waals surface area contributed by atoms with Crippen LogP contribution in [0.5, 0.6) is 5.75 Å². The number of amides is 1. The minimum atomic E-state index is -4.56. The molecule has 1 N–H and O–H groups in total. The van der Waals surface area contributed by atoms with Gasteiger partial charge in [-0.25, -0.2) is 9.50 Å². The van der Waals surface area contributed by atoms with E-state index in [1.165, 1.54) is 31.4 Å². The largest absolute Gasteiger partial charge is 0.495 e. The molecule has 0 radical (unpaired) electrons. The summed E-state index contributed by atoms with van der Waals surface area (Å²) in [7, 11) is 3.48. The highest BCUT2D eigenvalue weighted by Crippen LogP contribution is 2.35. The first kappa shape index (κ1) is 27.2. The summed E-state index contributed by atoms with van der Waals surface area (Å²) >= 11 is 0. The molecule has 11 heteroatoms. The van der Waals surface area contributed by atoms with E-state index in [9.17, 15) is 18.0 Å². The van der Waals surface area contributed by atoms with Crippen molar-refractivity contribution in [2.24, 2.45) is 0 Å². The van der Waals surface area contributed by atoms with Crippen LogP contribution in [0.25, 0.3) is 5.65 Å². The van der Waals surface area contributed by atoms with Crippen molar-refractivity contribution in [2.45, 2.75) is 12.7 Å². The lowest BCUT2D eigenvalue weighted by atomic mass is 10.0. The van der Waals surface area contributed by atoms with Crippen molar-refractivity contribution in [2.75, 3.05) is 45.7 Å². The van der Waals surface area contributed by atoms with Crippen LogP contribution in [0.1, 0.15) is 32.7 Å². The summed E-state index contributed by atoms with van der Waals surface area (Å²) in [5, 5.41) is 6.82. The number of aromatic nitrogens is 3. The minimum Gasteiger partial charge on any atom is -0.495 e. The van der Waals surface area contributed by atoms with Crippen molar-refractivity contribution in [3.05, 3.63) is 88.9 Å². The molecular formula is C29H27F3N6O2. The lowest BCUT2D eigenvalue weighted by Crippen LogP contribution is -2.44. The Labute approximate surface area is 229 Å². The Morgan fingerprint density at radius 1 is 1.07 bits per heavy atom. The first-order valence-electron chi connectivity index (χ1n) is 12.6. The predicted octanol–water partition coefficient (Wildman–Crippen LogP) is 4.16. The molecule has 1 amide bonds. The summed E-state index contributed by atoms with van der Waals surface area (Å²) in [6.07, 6.45) is -1.35. The van der Waals surface area contributed by atoms with Gasteiger partial charge in [0.2, 0.25) is 0 Å². The van der Waals surface area contributed by atoms with Gasteiger partial charge >= 0.3 is 6.18 Å². The van der Waals surface area contributed by atoms with Crippen molar-refractivity contribution < 1.29 is 22.7 Å². The second-order valence-corrected chi connectivity index (χ2v) is 9.51. The topological polar surface area (TPSA) is 75.0 Å². The number of piperazine rings is 1. The van der Waals surface area contributed by atoms with E-state index in [0.717, 1.165) is 19.2 Å². The number of rotatable bonds is 5. The second-order valence-electron chi connectivity index (χ2n) is 9.51. The number of benzene rings is 2. The molecule has 40 heavy (non-hydrogen) atoms. The molecule has 0 aliphatic carbocycles. The van der Waals surface area contributed by atoms with E-state index < -0.39 is 17.6 Å². The highest BCUT2D eigenvalue weighted by atomic mass is 19.4. The second kappa shape index (κ2) is 11.4. The summed E-state index contributed by atoms with van der Waals surface area (Å²) in [6, 6.07) is 12.1. The number of nitrogens with zero attached hydrogens (tertiary/aromatic N) is 5. The Morgan fingerprint density at radius 3 is 2.62 bits per heavy atom. The number of imidazole rings is 1. The molecule has 5 rings (SSSR count). The average molecular weight is 549 g/mol. The van der Waals surface area contributed by atoms with Crippen molar-refractivity contribution in [1.29, 1.82) is 0 Å². The highest BCUT2D eigenvalue weighted by Gasteiger charge is 2.34. The Bertz CT molecular complexity index is 1600. The van der Waals surface area contributed by atoms with Gasteiger partial charge in [-0.3, -0.25) is 9.69 Å². The van der Waals surface area contributed by atoms with Gasteiger partial charge in [-0.15, -0.1) is 0 Å². The number of methoxy groups -OCH3 is 1. The van der Waals surface area contributed by atoms with E-state index >= 15 is 0 Å². The standard InChI is InChI=1S/C29H27F3N6O2/c1-36-12-14-37(15-13-36)19-22-5-8-23(17-25(22)29(30,31)32)35-28(39)21-7-10-26(40-2)20(16-21)6-9-24-18-33-27-4-3-11-34-38(24)27/h3-5,7-8,10-11,16-18H,12-15,19H2,1-2H3,(H,35,39). The Morgan fingerprint density at radius 2 is 1.88 bits per heavy atom. The molecule has 1 saturated heterocycles. The molecule has 4 aromatic rings. The normalized spacial score (nSPS) is 14.5. The van der Waals surface area contributed by atoms with Crippen LogP contribution in [0.15, 0.2) is 60.9 Å². The fourth-order valence-electron chi connectivity index (χ4n) is 4.50. The number of carbonyl (C=O) groups excluding carboxylic acids is 1. The van der Waals surface area contributed by atoms with Gasteiger partial charge in [-0.1, -0.05) is 12.0 Å². The maximum atomic E-state index is 14.0. The van der Waals surface area contributed by atoms with Crippen molar-refractivity contribution >= 4 is 17.2 Å². The fourth-order valence-corrected chi connectivity index (χ4v) is 4.50. The summed E-state index contributed by atoms with van der Waals surface area (Å²) in [5.41, 5.74) is 1.31. The van der Waals surface area contributed by atoms with Gasteiger partial charge in [0.25, 0.3) is 5.91 Å². The monoisotopic (exact) mass is 548 g/mol. The van der Waals surface area contributed by atoms with Crippen LogP contribution in [0, 0.1) is 11.8 Å². The summed E-state index contributed by atoms with van der Waals surface area (Å²) in [5.74, 6) is 5.84. The molecule has 1 fully saturated rings. The number of hydrogen-bond acceptors (Lipinski definition) is 6. The van der Waals surface area contributed by atoms with Crippen LogP contribution in [0.3, 0.4) is 0 Å². The summed E-state index contributed by atoms with van der Waals surface area (Å²) in [4.78, 5) is 21.5. The maximum Gasteiger partial charge on any atom is 0.416 e. The molecule has 0 saturated carbocycles. The number of ether oxygens (including phenoxy) is 1. The van der Waals surface area contributed by atoms with Crippen molar-refractivity contribution in [3.63, 3.8) is 0 Å². The maximum absolute atomic E-state index is 14.0. The molecule has 0 unspecified atom stereocenters. The quantitative estimate of drug-likeness (QED) is 0.378. The molecule has 2 aromatic heterocycles. The molecule has 0 bridgehead atoms. The molecule has 1 aliphatic rings. The van der Waals surface area contributed by atoms with E-state index in [1.54, 1.807) is 35.1 Å². The van der Waals surface area contributed by atoms with Gasteiger partial charge in [0.1, 0.15) is 11.4 Å². The molecule has 8 nitrogen and oxygen atoms in total. The Hall–Kier alpha value is -4.40. The third kappa shape index (κ3) is 6.09. The first-order chi connectivity index (χ1) is 19.2. The molecule has 206 valence electrons. The Kier molecular flexibility index (Phi) is 7.73. The van der Waals surface area contributed by atoms with Crippen molar-refractivity contribution in [1.82, 2.24) is 24.4 Å². The minimum absolute atomic E-state index is 0.0553. The van der Waals surface area contributed by atoms with Crippen molar-refractivity contribution in [3.8, 4) is 17.6 Å². The van der Waals surface area contributed by atoms with Gasteiger partial charge < -0.3 is 15.0 Å². The lowest BCUT2D eigenvalue weighted by molar-refractivity contribution is -0.138. The molecule has 0 atom stereocenters. The fraction of sp³-hybridized carbons (Fsp3) is 0.276. The number of anilines is 1. The SMILES string of the molecule is COc1ccc(C(=O)Nc2ccc(CN3CCN(C)CC3)c(C(F)(F)F)c2)cc1C#Cc1cnc2cccnn12. The average Bonchev–Trinajstić information content (AvgIpc) is 3.36.